The van der Waals surface area contributed by atoms with E-state index in [4.69, 9.17) is 5.11 Å². The highest BCUT2D eigenvalue weighted by molar-refractivity contribution is 7.80. The van der Waals surface area contributed by atoms with Gasteiger partial charge in [0.05, 0.1) is 5.92 Å². The first-order chi connectivity index (χ1) is 5.11. The Morgan fingerprint density at radius 1 is 1.82 bits per heavy atom. The van der Waals surface area contributed by atoms with E-state index in [1.54, 1.807) is 0 Å². The fraction of sp³-hybridized carbons (Fsp3) is 0.857. The third-order valence-electron chi connectivity index (χ3n) is 2.10. The molecule has 11 heavy (non-hydrogen) atoms. The summed E-state index contributed by atoms with van der Waals surface area (Å²) in [7, 11) is 0. The summed E-state index contributed by atoms with van der Waals surface area (Å²) in [5.74, 6) is -0.855. The van der Waals surface area contributed by atoms with Gasteiger partial charge in [0, 0.05) is 18.5 Å². The zero-order valence-electron chi connectivity index (χ0n) is 6.53. The molecule has 64 valence electrons. The fourth-order valence-electron chi connectivity index (χ4n) is 1.33. The second kappa shape index (κ2) is 3.45. The Hall–Kier alpha value is -0.220. The van der Waals surface area contributed by atoms with Crippen molar-refractivity contribution in [3.05, 3.63) is 0 Å². The van der Waals surface area contributed by atoms with Crippen LogP contribution >= 0.6 is 12.6 Å². The van der Waals surface area contributed by atoms with E-state index in [1.165, 1.54) is 0 Å². The van der Waals surface area contributed by atoms with E-state index in [2.05, 4.69) is 17.5 Å². The molecule has 0 amide bonds. The molecular weight excluding hydrogens is 162 g/mol. The lowest BCUT2D eigenvalue weighted by molar-refractivity contribution is -0.141. The van der Waals surface area contributed by atoms with Crippen LogP contribution in [-0.4, -0.2) is 34.4 Å². The molecule has 3 nitrogen and oxygen atoms in total. The molecule has 0 aromatic heterocycles. The average Bonchev–Trinajstić information content (AvgIpc) is 2.33. The maximum atomic E-state index is 10.5. The van der Waals surface area contributed by atoms with Crippen LogP contribution in [0.3, 0.4) is 0 Å². The van der Waals surface area contributed by atoms with Crippen LogP contribution in [0.2, 0.25) is 0 Å². The highest BCUT2D eigenvalue weighted by Crippen LogP contribution is 2.19. The normalized spacial score (nSPS) is 28.7. The smallest absolute Gasteiger partial charge is 0.307 e. The summed E-state index contributed by atoms with van der Waals surface area (Å²) in [6.07, 6.45) is 0.764. The summed E-state index contributed by atoms with van der Waals surface area (Å²) in [5.41, 5.74) is 0. The summed E-state index contributed by atoms with van der Waals surface area (Å²) in [6.45, 7) is 3.48. The lowest BCUT2D eigenvalue weighted by Crippen LogP contribution is -2.28. The van der Waals surface area contributed by atoms with Gasteiger partial charge in [-0.15, -0.1) is 0 Å². The zero-order chi connectivity index (χ0) is 8.43. The summed E-state index contributed by atoms with van der Waals surface area (Å²) < 4.78 is 0. The van der Waals surface area contributed by atoms with Gasteiger partial charge in [0.15, 0.2) is 0 Å². The number of carbonyl (C=O) groups is 1. The number of carboxylic acids is 1. The molecule has 1 N–H and O–H groups in total. The molecule has 1 fully saturated rings. The van der Waals surface area contributed by atoms with Crippen LogP contribution < -0.4 is 0 Å². The fourth-order valence-corrected chi connectivity index (χ4v) is 1.54. The van der Waals surface area contributed by atoms with Crippen LogP contribution in [0, 0.1) is 5.92 Å². The van der Waals surface area contributed by atoms with E-state index in [1.807, 2.05) is 6.92 Å². The third-order valence-corrected chi connectivity index (χ3v) is 2.42. The summed E-state index contributed by atoms with van der Waals surface area (Å²) in [6, 6.07) is 0. The van der Waals surface area contributed by atoms with Crippen molar-refractivity contribution >= 4 is 18.6 Å². The number of likely N-dealkylation sites (tertiary alicyclic amines) is 1. The monoisotopic (exact) mass is 175 g/mol. The quantitative estimate of drug-likeness (QED) is 0.606. The number of nitrogens with zero attached hydrogens (tertiary/aromatic N) is 1. The van der Waals surface area contributed by atoms with Crippen molar-refractivity contribution in [2.45, 2.75) is 18.7 Å². The number of rotatable bonds is 2. The topological polar surface area (TPSA) is 40.5 Å². The van der Waals surface area contributed by atoms with Gasteiger partial charge in [0.1, 0.15) is 0 Å². The van der Waals surface area contributed by atoms with Gasteiger partial charge in [-0.2, -0.15) is 12.6 Å². The van der Waals surface area contributed by atoms with E-state index in [-0.39, 0.29) is 11.3 Å². The first kappa shape index (κ1) is 8.87. The van der Waals surface area contributed by atoms with Crippen molar-refractivity contribution in [3.63, 3.8) is 0 Å². The molecule has 4 heteroatoms. The maximum Gasteiger partial charge on any atom is 0.307 e. The van der Waals surface area contributed by atoms with Gasteiger partial charge in [0.2, 0.25) is 0 Å². The Kier molecular flexibility index (Phi) is 2.78. The largest absolute Gasteiger partial charge is 0.481 e. The Morgan fingerprint density at radius 3 is 2.73 bits per heavy atom. The van der Waals surface area contributed by atoms with E-state index in [0.29, 0.717) is 6.54 Å². The predicted molar refractivity (Wildman–Crippen MR) is 45.8 cm³/mol. The highest BCUT2D eigenvalue weighted by atomic mass is 32.1. The van der Waals surface area contributed by atoms with E-state index < -0.39 is 5.97 Å². The van der Waals surface area contributed by atoms with Gasteiger partial charge in [-0.3, -0.25) is 9.69 Å². The first-order valence-corrected chi connectivity index (χ1v) is 4.28. The van der Waals surface area contributed by atoms with E-state index >= 15 is 0 Å². The van der Waals surface area contributed by atoms with Gasteiger partial charge in [-0.25, -0.2) is 0 Å². The minimum atomic E-state index is -0.679. The lowest BCUT2D eigenvalue weighted by Gasteiger charge is -2.18. The molecule has 1 saturated heterocycles. The minimum absolute atomic E-state index is 0.176. The molecule has 1 aliphatic heterocycles. The van der Waals surface area contributed by atoms with Crippen molar-refractivity contribution in [3.8, 4) is 0 Å². The van der Waals surface area contributed by atoms with Crippen molar-refractivity contribution in [2.75, 3.05) is 13.1 Å². The van der Waals surface area contributed by atoms with Gasteiger partial charge < -0.3 is 5.11 Å². The van der Waals surface area contributed by atoms with Gasteiger partial charge in [0.25, 0.3) is 0 Å². The summed E-state index contributed by atoms with van der Waals surface area (Å²) in [4.78, 5) is 12.6. The summed E-state index contributed by atoms with van der Waals surface area (Å²) >= 11 is 4.24. The van der Waals surface area contributed by atoms with Crippen LogP contribution in [0.5, 0.6) is 0 Å². The minimum Gasteiger partial charge on any atom is -0.481 e. The molecule has 1 heterocycles. The molecule has 0 aliphatic carbocycles. The number of thiol groups is 1. The van der Waals surface area contributed by atoms with Gasteiger partial charge >= 0.3 is 5.97 Å². The van der Waals surface area contributed by atoms with Crippen LogP contribution in [-0.2, 0) is 4.79 Å². The molecule has 0 bridgehead atoms. The van der Waals surface area contributed by atoms with Crippen molar-refractivity contribution in [1.82, 2.24) is 4.90 Å². The van der Waals surface area contributed by atoms with Crippen molar-refractivity contribution < 1.29 is 9.90 Å². The molecule has 2 unspecified atom stereocenters. The van der Waals surface area contributed by atoms with Gasteiger partial charge in [-0.1, -0.05) is 0 Å². The second-order valence-electron chi connectivity index (χ2n) is 2.95. The standard InChI is InChI=1S/C7H13NO2S/c1-5(11)8-3-2-6(4-8)7(9)10/h5-6,11H,2-4H2,1H3,(H,9,10). The van der Waals surface area contributed by atoms with Crippen LogP contribution in [0.1, 0.15) is 13.3 Å². The summed E-state index contributed by atoms with van der Waals surface area (Å²) in [5, 5.41) is 8.84. The molecule has 0 radical (unpaired) electrons. The maximum absolute atomic E-state index is 10.5. The predicted octanol–water partition coefficient (Wildman–Crippen LogP) is 0.669. The first-order valence-electron chi connectivity index (χ1n) is 3.76. The highest BCUT2D eigenvalue weighted by Gasteiger charge is 2.29. The van der Waals surface area contributed by atoms with E-state index in [0.717, 1.165) is 13.0 Å². The lowest BCUT2D eigenvalue weighted by atomic mass is 10.1. The van der Waals surface area contributed by atoms with Crippen LogP contribution in [0.25, 0.3) is 0 Å². The zero-order valence-corrected chi connectivity index (χ0v) is 7.42. The second-order valence-corrected chi connectivity index (χ2v) is 3.70. The average molecular weight is 175 g/mol. The Labute approximate surface area is 71.8 Å². The van der Waals surface area contributed by atoms with Gasteiger partial charge in [-0.05, 0) is 13.3 Å². The molecule has 1 rings (SSSR count). The van der Waals surface area contributed by atoms with Crippen molar-refractivity contribution in [1.29, 1.82) is 0 Å². The van der Waals surface area contributed by atoms with Crippen LogP contribution in [0.4, 0.5) is 0 Å². The molecule has 0 saturated carbocycles. The molecule has 2 atom stereocenters. The Balaban J connectivity index is 2.41. The number of carboxylic acid groups (broad SMARTS) is 1. The van der Waals surface area contributed by atoms with Crippen molar-refractivity contribution in [2.24, 2.45) is 5.92 Å². The third kappa shape index (κ3) is 2.10. The number of aliphatic carboxylic acids is 1. The molecule has 0 spiro atoms. The number of hydrogen-bond acceptors (Lipinski definition) is 3. The molecular formula is C7H13NO2S. The molecule has 1 aliphatic rings. The van der Waals surface area contributed by atoms with Crippen LogP contribution in [0.15, 0.2) is 0 Å². The molecule has 0 aromatic rings. The Bertz CT molecular complexity index is 161. The SMILES string of the molecule is CC(S)N1CCC(C(=O)O)C1. The number of hydrogen-bond donors (Lipinski definition) is 2. The van der Waals surface area contributed by atoms with E-state index in [9.17, 15) is 4.79 Å². The Morgan fingerprint density at radius 2 is 2.45 bits per heavy atom. The molecule has 0 aromatic carbocycles.